The topological polar surface area (TPSA) is 88.9 Å². The molecule has 2 rings (SSSR count). The number of carbonyl (C=O) groups excluding carboxylic acids is 2. The van der Waals surface area contributed by atoms with E-state index in [-0.39, 0.29) is 17.7 Å². The maximum atomic E-state index is 12.2. The van der Waals surface area contributed by atoms with Crippen LogP contribution in [0.15, 0.2) is 30.6 Å². The molecule has 0 saturated carbocycles. The largest absolute Gasteiger partial charge is 0.354 e. The molecular formula is C16H21N5O2. The molecule has 2 aromatic heterocycles. The number of hydrogen-bond donors (Lipinski definition) is 2. The van der Waals surface area contributed by atoms with Crippen molar-refractivity contribution in [2.24, 2.45) is 5.92 Å². The third kappa shape index (κ3) is 4.15. The molecule has 7 heteroatoms. The van der Waals surface area contributed by atoms with Crippen LogP contribution in [0.2, 0.25) is 0 Å². The summed E-state index contributed by atoms with van der Waals surface area (Å²) in [5.74, 6) is 0.347. The molecule has 2 N–H and O–H groups in total. The summed E-state index contributed by atoms with van der Waals surface area (Å²) < 4.78 is 1.62. The number of pyridine rings is 1. The van der Waals surface area contributed by atoms with E-state index in [2.05, 4.69) is 20.7 Å². The number of rotatable bonds is 6. The molecule has 0 aromatic carbocycles. The van der Waals surface area contributed by atoms with Gasteiger partial charge in [-0.05, 0) is 19.1 Å². The van der Waals surface area contributed by atoms with Crippen molar-refractivity contribution < 1.29 is 9.59 Å². The molecule has 7 nitrogen and oxygen atoms in total. The van der Waals surface area contributed by atoms with Crippen molar-refractivity contribution in [3.05, 3.63) is 41.9 Å². The van der Waals surface area contributed by atoms with Gasteiger partial charge in [0.15, 0.2) is 5.82 Å². The van der Waals surface area contributed by atoms with Crippen molar-refractivity contribution in [2.75, 3.05) is 13.1 Å². The first-order valence-electron chi connectivity index (χ1n) is 7.52. The van der Waals surface area contributed by atoms with Gasteiger partial charge in [0, 0.05) is 25.2 Å². The average molecular weight is 315 g/mol. The van der Waals surface area contributed by atoms with E-state index in [0.717, 1.165) is 0 Å². The van der Waals surface area contributed by atoms with Gasteiger partial charge in [0.25, 0.3) is 5.91 Å². The second-order valence-electron chi connectivity index (χ2n) is 5.45. The van der Waals surface area contributed by atoms with E-state index < -0.39 is 0 Å². The maximum Gasteiger partial charge on any atom is 0.254 e. The van der Waals surface area contributed by atoms with Crippen LogP contribution in [0.4, 0.5) is 0 Å². The van der Waals surface area contributed by atoms with E-state index in [4.69, 9.17) is 0 Å². The number of carbonyl (C=O) groups is 2. The van der Waals surface area contributed by atoms with Crippen molar-refractivity contribution in [2.45, 2.75) is 20.8 Å². The average Bonchev–Trinajstić information content (AvgIpc) is 2.93. The Morgan fingerprint density at radius 3 is 2.61 bits per heavy atom. The predicted octanol–water partition coefficient (Wildman–Crippen LogP) is 1.08. The second kappa shape index (κ2) is 7.53. The van der Waals surface area contributed by atoms with Gasteiger partial charge in [0.05, 0.1) is 17.5 Å². The number of hydrogen-bond acceptors (Lipinski definition) is 4. The smallest absolute Gasteiger partial charge is 0.254 e. The lowest BCUT2D eigenvalue weighted by atomic mass is 10.2. The summed E-state index contributed by atoms with van der Waals surface area (Å²) in [7, 11) is 0. The zero-order valence-electron chi connectivity index (χ0n) is 13.5. The first kappa shape index (κ1) is 16.7. The molecule has 0 unspecified atom stereocenters. The zero-order chi connectivity index (χ0) is 16.8. The molecule has 2 heterocycles. The van der Waals surface area contributed by atoms with Crippen molar-refractivity contribution in [1.82, 2.24) is 25.4 Å². The molecule has 122 valence electrons. The minimum atomic E-state index is -0.219. The molecule has 2 aromatic rings. The summed E-state index contributed by atoms with van der Waals surface area (Å²) in [6, 6.07) is 5.51. The van der Waals surface area contributed by atoms with Crippen molar-refractivity contribution in [3.63, 3.8) is 0 Å². The molecule has 0 radical (unpaired) electrons. The Balaban J connectivity index is 1.94. The Morgan fingerprint density at radius 1 is 1.22 bits per heavy atom. The minimum Gasteiger partial charge on any atom is -0.354 e. The highest BCUT2D eigenvalue weighted by Gasteiger charge is 2.15. The fourth-order valence-electron chi connectivity index (χ4n) is 2.00. The highest BCUT2D eigenvalue weighted by molar-refractivity contribution is 5.95. The van der Waals surface area contributed by atoms with Gasteiger partial charge in [-0.1, -0.05) is 19.9 Å². The van der Waals surface area contributed by atoms with Crippen LogP contribution in [0.5, 0.6) is 0 Å². The third-order valence-electron chi connectivity index (χ3n) is 3.35. The van der Waals surface area contributed by atoms with Crippen LogP contribution in [0.1, 0.15) is 29.9 Å². The molecule has 2 amide bonds. The molecular weight excluding hydrogens is 294 g/mol. The van der Waals surface area contributed by atoms with Crippen LogP contribution >= 0.6 is 0 Å². The first-order chi connectivity index (χ1) is 11.0. The van der Waals surface area contributed by atoms with Gasteiger partial charge in [-0.2, -0.15) is 5.10 Å². The Labute approximate surface area is 135 Å². The van der Waals surface area contributed by atoms with Crippen LogP contribution in [0, 0.1) is 12.8 Å². The van der Waals surface area contributed by atoms with Gasteiger partial charge >= 0.3 is 0 Å². The van der Waals surface area contributed by atoms with E-state index in [1.54, 1.807) is 10.9 Å². The van der Waals surface area contributed by atoms with E-state index >= 15 is 0 Å². The van der Waals surface area contributed by atoms with Gasteiger partial charge in [-0.25, -0.2) is 9.67 Å². The lowest BCUT2D eigenvalue weighted by molar-refractivity contribution is -0.123. The van der Waals surface area contributed by atoms with Crippen LogP contribution in [0.3, 0.4) is 0 Å². The van der Waals surface area contributed by atoms with Gasteiger partial charge in [0.2, 0.25) is 5.91 Å². The Hall–Kier alpha value is -2.70. The zero-order valence-corrected chi connectivity index (χ0v) is 13.5. The fraction of sp³-hybridized carbons (Fsp3) is 0.375. The standard InChI is InChI=1S/C16H21N5O2/c1-11(2)15(22)18-8-9-19-16(23)13-10-20-21(12(13)3)14-6-4-5-7-17-14/h4-7,10-11H,8-9H2,1-3H3,(H,18,22)(H,19,23). The third-order valence-corrected chi connectivity index (χ3v) is 3.35. The summed E-state index contributed by atoms with van der Waals surface area (Å²) in [5, 5.41) is 9.73. The SMILES string of the molecule is Cc1c(C(=O)NCCNC(=O)C(C)C)cnn1-c1ccccn1. The highest BCUT2D eigenvalue weighted by Crippen LogP contribution is 2.11. The molecule has 0 bridgehead atoms. The maximum absolute atomic E-state index is 12.2. The van der Waals surface area contributed by atoms with E-state index in [0.29, 0.717) is 30.2 Å². The van der Waals surface area contributed by atoms with Gasteiger partial charge in [-0.3, -0.25) is 9.59 Å². The summed E-state index contributed by atoms with van der Waals surface area (Å²) >= 11 is 0. The Kier molecular flexibility index (Phi) is 5.46. The molecule has 0 aliphatic heterocycles. The van der Waals surface area contributed by atoms with Crippen molar-refractivity contribution in [1.29, 1.82) is 0 Å². The Morgan fingerprint density at radius 2 is 1.96 bits per heavy atom. The van der Waals surface area contributed by atoms with Crippen LogP contribution in [-0.2, 0) is 4.79 Å². The predicted molar refractivity (Wildman–Crippen MR) is 86.3 cm³/mol. The summed E-state index contributed by atoms with van der Waals surface area (Å²) in [6.45, 7) is 6.23. The molecule has 0 aliphatic rings. The second-order valence-corrected chi connectivity index (χ2v) is 5.45. The quantitative estimate of drug-likeness (QED) is 0.781. The van der Waals surface area contributed by atoms with Crippen LogP contribution in [0.25, 0.3) is 5.82 Å². The fourth-order valence-corrected chi connectivity index (χ4v) is 2.00. The van der Waals surface area contributed by atoms with Crippen molar-refractivity contribution >= 4 is 11.8 Å². The van der Waals surface area contributed by atoms with Gasteiger partial charge in [-0.15, -0.1) is 0 Å². The van der Waals surface area contributed by atoms with Gasteiger partial charge < -0.3 is 10.6 Å². The lowest BCUT2D eigenvalue weighted by Crippen LogP contribution is -2.36. The number of amides is 2. The van der Waals surface area contributed by atoms with E-state index in [1.165, 1.54) is 6.20 Å². The van der Waals surface area contributed by atoms with E-state index in [9.17, 15) is 9.59 Å². The molecule has 0 aliphatic carbocycles. The van der Waals surface area contributed by atoms with Gasteiger partial charge in [0.1, 0.15) is 0 Å². The number of aromatic nitrogens is 3. The number of nitrogens with zero attached hydrogens (tertiary/aromatic N) is 3. The molecule has 0 atom stereocenters. The molecule has 0 fully saturated rings. The molecule has 0 spiro atoms. The summed E-state index contributed by atoms with van der Waals surface area (Å²) in [6.07, 6.45) is 3.19. The number of nitrogens with one attached hydrogen (secondary N) is 2. The monoisotopic (exact) mass is 315 g/mol. The summed E-state index contributed by atoms with van der Waals surface area (Å²) in [4.78, 5) is 27.8. The molecule has 23 heavy (non-hydrogen) atoms. The Bertz CT molecular complexity index is 679. The highest BCUT2D eigenvalue weighted by atomic mass is 16.2. The molecule has 0 saturated heterocycles. The van der Waals surface area contributed by atoms with Crippen LogP contribution in [-0.4, -0.2) is 39.7 Å². The van der Waals surface area contributed by atoms with Crippen molar-refractivity contribution in [3.8, 4) is 5.82 Å². The normalized spacial score (nSPS) is 10.6. The minimum absolute atomic E-state index is 0.0293. The first-order valence-corrected chi connectivity index (χ1v) is 7.52. The van der Waals surface area contributed by atoms with E-state index in [1.807, 2.05) is 39.0 Å². The van der Waals surface area contributed by atoms with Crippen LogP contribution < -0.4 is 10.6 Å². The summed E-state index contributed by atoms with van der Waals surface area (Å²) in [5.41, 5.74) is 1.21. The lowest BCUT2D eigenvalue weighted by Gasteiger charge is -2.09.